The van der Waals surface area contributed by atoms with Crippen LogP contribution < -0.4 is 14.8 Å². The molecule has 2 saturated carbocycles. The van der Waals surface area contributed by atoms with Gasteiger partial charge < -0.3 is 14.8 Å². The van der Waals surface area contributed by atoms with Gasteiger partial charge in [0.1, 0.15) is 0 Å². The molecule has 0 spiro atoms. The summed E-state index contributed by atoms with van der Waals surface area (Å²) in [6, 6.07) is 4.93. The molecule has 4 nitrogen and oxygen atoms in total. The van der Waals surface area contributed by atoms with Gasteiger partial charge in [-0.2, -0.15) is 8.78 Å². The molecular weight excluding hydrogens is 328 g/mol. The van der Waals surface area contributed by atoms with Crippen LogP contribution in [0.3, 0.4) is 0 Å². The molecule has 0 saturated heterocycles. The maximum atomic E-state index is 12.4. The number of ether oxygens (including phenoxy) is 2. The minimum absolute atomic E-state index is 0.0130. The van der Waals surface area contributed by atoms with Crippen LogP contribution in [0.5, 0.6) is 11.5 Å². The van der Waals surface area contributed by atoms with Crippen LogP contribution in [0.25, 0.3) is 6.08 Å². The van der Waals surface area contributed by atoms with Crippen molar-refractivity contribution in [3.05, 3.63) is 29.8 Å². The van der Waals surface area contributed by atoms with Gasteiger partial charge >= 0.3 is 6.61 Å². The lowest BCUT2D eigenvalue weighted by Gasteiger charge is -2.16. The average molecular weight is 351 g/mol. The summed E-state index contributed by atoms with van der Waals surface area (Å²) < 4.78 is 34.6. The molecule has 0 atom stereocenters. The molecule has 0 aromatic heterocycles. The third-order valence-corrected chi connectivity index (χ3v) is 4.48. The van der Waals surface area contributed by atoms with Crippen molar-refractivity contribution in [1.82, 2.24) is 5.32 Å². The van der Waals surface area contributed by atoms with Gasteiger partial charge in [0.15, 0.2) is 11.5 Å². The highest BCUT2D eigenvalue weighted by Gasteiger charge is 2.41. The van der Waals surface area contributed by atoms with Gasteiger partial charge in [0, 0.05) is 12.1 Å². The summed E-state index contributed by atoms with van der Waals surface area (Å²) in [5.41, 5.74) is 0.689. The maximum absolute atomic E-state index is 12.4. The molecule has 2 aliphatic carbocycles. The van der Waals surface area contributed by atoms with E-state index in [9.17, 15) is 13.6 Å². The average Bonchev–Trinajstić information content (AvgIpc) is 3.46. The van der Waals surface area contributed by atoms with Gasteiger partial charge in [-0.05, 0) is 68.2 Å². The number of rotatable bonds is 9. The Balaban J connectivity index is 1.63. The van der Waals surface area contributed by atoms with Crippen molar-refractivity contribution in [3.63, 3.8) is 0 Å². The van der Waals surface area contributed by atoms with Crippen molar-refractivity contribution in [2.75, 3.05) is 6.61 Å². The van der Waals surface area contributed by atoms with Crippen LogP contribution in [0, 0.1) is 11.8 Å². The Morgan fingerprint density at radius 1 is 1.24 bits per heavy atom. The molecule has 1 aromatic rings. The quantitative estimate of drug-likeness (QED) is 0.684. The molecule has 25 heavy (non-hydrogen) atoms. The lowest BCUT2D eigenvalue weighted by molar-refractivity contribution is -0.117. The standard InChI is InChI=1S/C19H23F2NO3/c1-2-24-16-11-12(3-9-15(16)25-19(20)21)4-10-17(23)22-18(13-5-6-13)14-7-8-14/h3-4,9-11,13-14,18-19H,2,5-8H2,1H3,(H,22,23)/b10-4+. The monoisotopic (exact) mass is 351 g/mol. The Kier molecular flexibility index (Phi) is 5.56. The van der Waals surface area contributed by atoms with E-state index in [1.807, 2.05) is 0 Å². The molecule has 0 aliphatic heterocycles. The van der Waals surface area contributed by atoms with E-state index < -0.39 is 6.61 Å². The number of hydrogen-bond donors (Lipinski definition) is 1. The second-order valence-corrected chi connectivity index (χ2v) is 6.56. The SMILES string of the molecule is CCOc1cc(/C=C/C(=O)NC(C2CC2)C2CC2)ccc1OC(F)F. The van der Waals surface area contributed by atoms with Crippen molar-refractivity contribution in [1.29, 1.82) is 0 Å². The Hall–Kier alpha value is -2.11. The Morgan fingerprint density at radius 2 is 1.92 bits per heavy atom. The summed E-state index contributed by atoms with van der Waals surface area (Å²) >= 11 is 0. The summed E-state index contributed by atoms with van der Waals surface area (Å²) in [7, 11) is 0. The third-order valence-electron chi connectivity index (χ3n) is 4.48. The Morgan fingerprint density at radius 3 is 2.48 bits per heavy atom. The van der Waals surface area contributed by atoms with Crippen molar-refractivity contribution in [2.45, 2.75) is 45.3 Å². The Labute approximate surface area is 146 Å². The van der Waals surface area contributed by atoms with Crippen LogP contribution >= 0.6 is 0 Å². The number of carbonyl (C=O) groups is 1. The zero-order valence-electron chi connectivity index (χ0n) is 14.2. The minimum atomic E-state index is -2.91. The van der Waals surface area contributed by atoms with E-state index >= 15 is 0 Å². The zero-order valence-corrected chi connectivity index (χ0v) is 14.2. The number of hydrogen-bond acceptors (Lipinski definition) is 3. The van der Waals surface area contributed by atoms with E-state index in [-0.39, 0.29) is 17.4 Å². The molecule has 0 unspecified atom stereocenters. The first-order valence-corrected chi connectivity index (χ1v) is 8.77. The summed E-state index contributed by atoms with van der Waals surface area (Å²) in [5, 5.41) is 3.11. The molecule has 1 aromatic carbocycles. The number of benzene rings is 1. The van der Waals surface area contributed by atoms with Crippen LogP contribution in [0.2, 0.25) is 0 Å². The van der Waals surface area contributed by atoms with E-state index in [4.69, 9.17) is 4.74 Å². The minimum Gasteiger partial charge on any atom is -0.490 e. The molecule has 1 amide bonds. The first-order chi connectivity index (χ1) is 12.1. The number of carbonyl (C=O) groups excluding carboxylic acids is 1. The van der Waals surface area contributed by atoms with Crippen molar-refractivity contribution in [2.24, 2.45) is 11.8 Å². The first-order valence-electron chi connectivity index (χ1n) is 8.77. The van der Waals surface area contributed by atoms with Crippen LogP contribution in [0.15, 0.2) is 24.3 Å². The van der Waals surface area contributed by atoms with Crippen molar-refractivity contribution in [3.8, 4) is 11.5 Å². The Bertz CT molecular complexity index is 628. The second-order valence-electron chi connectivity index (χ2n) is 6.56. The summed E-state index contributed by atoms with van der Waals surface area (Å²) in [6.45, 7) is -0.816. The molecule has 0 heterocycles. The number of nitrogens with one attached hydrogen (secondary N) is 1. The highest BCUT2D eigenvalue weighted by atomic mass is 19.3. The second kappa shape index (κ2) is 7.85. The molecule has 0 radical (unpaired) electrons. The number of halogens is 2. The van der Waals surface area contributed by atoms with Gasteiger partial charge in [0.25, 0.3) is 0 Å². The smallest absolute Gasteiger partial charge is 0.387 e. The maximum Gasteiger partial charge on any atom is 0.387 e. The molecule has 1 N–H and O–H groups in total. The van der Waals surface area contributed by atoms with E-state index in [2.05, 4.69) is 10.1 Å². The van der Waals surface area contributed by atoms with Gasteiger partial charge in [-0.3, -0.25) is 4.79 Å². The van der Waals surface area contributed by atoms with Crippen molar-refractivity contribution >= 4 is 12.0 Å². The molecule has 2 fully saturated rings. The fourth-order valence-corrected chi connectivity index (χ4v) is 3.01. The van der Waals surface area contributed by atoms with Gasteiger partial charge in [-0.25, -0.2) is 0 Å². The van der Waals surface area contributed by atoms with E-state index in [1.165, 1.54) is 37.8 Å². The molecule has 0 bridgehead atoms. The summed E-state index contributed by atoms with van der Waals surface area (Å²) in [6.07, 6.45) is 7.95. The molecule has 6 heteroatoms. The van der Waals surface area contributed by atoms with Crippen molar-refractivity contribution < 1.29 is 23.0 Å². The van der Waals surface area contributed by atoms with Crippen LogP contribution in [-0.2, 0) is 4.79 Å². The fourth-order valence-electron chi connectivity index (χ4n) is 3.01. The lowest BCUT2D eigenvalue weighted by atomic mass is 10.1. The molecule has 136 valence electrons. The molecule has 3 rings (SSSR count). The molecular formula is C19H23F2NO3. The normalized spacial score (nSPS) is 17.3. The van der Waals surface area contributed by atoms with Crippen LogP contribution in [-0.4, -0.2) is 25.2 Å². The van der Waals surface area contributed by atoms with Crippen LogP contribution in [0.4, 0.5) is 8.78 Å². The largest absolute Gasteiger partial charge is 0.490 e. The van der Waals surface area contributed by atoms with Gasteiger partial charge in [-0.15, -0.1) is 0 Å². The topological polar surface area (TPSA) is 47.6 Å². The van der Waals surface area contributed by atoms with E-state index in [1.54, 1.807) is 25.1 Å². The van der Waals surface area contributed by atoms with Gasteiger partial charge in [0.05, 0.1) is 6.61 Å². The first kappa shape index (κ1) is 17.7. The third kappa shape index (κ3) is 5.18. The summed E-state index contributed by atoms with van der Waals surface area (Å²) in [5.74, 6) is 1.38. The number of alkyl halides is 2. The predicted octanol–water partition coefficient (Wildman–Crippen LogP) is 4.00. The van der Waals surface area contributed by atoms with Gasteiger partial charge in [0.2, 0.25) is 5.91 Å². The van der Waals surface area contributed by atoms with Crippen LogP contribution in [0.1, 0.15) is 38.2 Å². The highest BCUT2D eigenvalue weighted by Crippen LogP contribution is 2.44. The lowest BCUT2D eigenvalue weighted by Crippen LogP contribution is -2.37. The fraction of sp³-hybridized carbons (Fsp3) is 0.526. The summed E-state index contributed by atoms with van der Waals surface area (Å²) in [4.78, 5) is 12.2. The zero-order chi connectivity index (χ0) is 17.8. The van der Waals surface area contributed by atoms with E-state index in [0.29, 0.717) is 30.0 Å². The number of amides is 1. The van der Waals surface area contributed by atoms with Gasteiger partial charge in [-0.1, -0.05) is 6.07 Å². The molecule has 2 aliphatic rings. The predicted molar refractivity (Wildman–Crippen MR) is 90.7 cm³/mol. The van der Waals surface area contributed by atoms with E-state index in [0.717, 1.165) is 0 Å². The highest BCUT2D eigenvalue weighted by molar-refractivity contribution is 5.92.